The first kappa shape index (κ1) is 16.7. The van der Waals surface area contributed by atoms with E-state index in [2.05, 4.69) is 5.32 Å². The van der Waals surface area contributed by atoms with Gasteiger partial charge in [-0.2, -0.15) is 0 Å². The van der Waals surface area contributed by atoms with Gasteiger partial charge >= 0.3 is 0 Å². The van der Waals surface area contributed by atoms with E-state index in [4.69, 9.17) is 4.74 Å². The molecule has 1 N–H and O–H groups in total. The number of ether oxygens (including phenoxy) is 1. The molecular formula is C19H24N2O3. The minimum atomic E-state index is -0.244. The highest BCUT2D eigenvalue weighted by Crippen LogP contribution is 2.32. The lowest BCUT2D eigenvalue weighted by Gasteiger charge is -2.32. The number of hydrogen-bond donors (Lipinski definition) is 1. The SMILES string of the molecule is CC(=O)N1C=Cc2ccccc2[C@H]1CC(=O)NCC[C@H]1CCCO1. The summed E-state index contributed by atoms with van der Waals surface area (Å²) in [4.78, 5) is 25.9. The summed E-state index contributed by atoms with van der Waals surface area (Å²) in [7, 11) is 0. The summed E-state index contributed by atoms with van der Waals surface area (Å²) >= 11 is 0. The molecule has 3 rings (SSSR count). The zero-order chi connectivity index (χ0) is 16.9. The molecule has 2 heterocycles. The third-order valence-corrected chi connectivity index (χ3v) is 4.66. The van der Waals surface area contributed by atoms with E-state index in [-0.39, 0.29) is 30.4 Å². The van der Waals surface area contributed by atoms with E-state index in [0.29, 0.717) is 6.54 Å². The molecule has 0 aromatic heterocycles. The van der Waals surface area contributed by atoms with Crippen molar-refractivity contribution in [2.75, 3.05) is 13.2 Å². The van der Waals surface area contributed by atoms with Gasteiger partial charge in [0.05, 0.1) is 18.6 Å². The second-order valence-electron chi connectivity index (χ2n) is 6.36. The topological polar surface area (TPSA) is 58.6 Å². The fraction of sp³-hybridized carbons (Fsp3) is 0.474. The van der Waals surface area contributed by atoms with Gasteiger partial charge in [0.1, 0.15) is 0 Å². The van der Waals surface area contributed by atoms with Gasteiger partial charge in [0.2, 0.25) is 11.8 Å². The van der Waals surface area contributed by atoms with Crippen LogP contribution in [-0.4, -0.2) is 36.0 Å². The molecule has 24 heavy (non-hydrogen) atoms. The van der Waals surface area contributed by atoms with Gasteiger partial charge in [0.15, 0.2) is 0 Å². The van der Waals surface area contributed by atoms with Crippen molar-refractivity contribution in [3.63, 3.8) is 0 Å². The van der Waals surface area contributed by atoms with Gasteiger partial charge in [0, 0.05) is 26.3 Å². The summed E-state index contributed by atoms with van der Waals surface area (Å²) in [6.07, 6.45) is 7.27. The van der Waals surface area contributed by atoms with Gasteiger partial charge in [0.25, 0.3) is 0 Å². The molecule has 0 unspecified atom stereocenters. The van der Waals surface area contributed by atoms with Crippen LogP contribution < -0.4 is 5.32 Å². The van der Waals surface area contributed by atoms with Gasteiger partial charge in [-0.15, -0.1) is 0 Å². The van der Waals surface area contributed by atoms with Crippen molar-refractivity contribution >= 4 is 17.9 Å². The molecule has 0 bridgehead atoms. The van der Waals surface area contributed by atoms with Crippen LogP contribution in [0.15, 0.2) is 30.5 Å². The largest absolute Gasteiger partial charge is 0.378 e. The smallest absolute Gasteiger partial charge is 0.223 e. The summed E-state index contributed by atoms with van der Waals surface area (Å²) in [6.45, 7) is 2.98. The molecule has 2 amide bonds. The Kier molecular flexibility index (Phi) is 5.30. The Bertz CT molecular complexity index is 635. The van der Waals surface area contributed by atoms with E-state index in [1.54, 1.807) is 11.1 Å². The quantitative estimate of drug-likeness (QED) is 0.904. The number of carbonyl (C=O) groups is 2. The van der Waals surface area contributed by atoms with Crippen molar-refractivity contribution in [2.45, 2.75) is 44.8 Å². The van der Waals surface area contributed by atoms with E-state index < -0.39 is 0 Å². The first-order valence-corrected chi connectivity index (χ1v) is 8.59. The Morgan fingerprint density at radius 3 is 2.92 bits per heavy atom. The number of nitrogens with one attached hydrogen (secondary N) is 1. The number of hydrogen-bond acceptors (Lipinski definition) is 3. The van der Waals surface area contributed by atoms with Crippen molar-refractivity contribution in [1.29, 1.82) is 0 Å². The average Bonchev–Trinajstić information content (AvgIpc) is 3.08. The Morgan fingerprint density at radius 1 is 1.33 bits per heavy atom. The van der Waals surface area contributed by atoms with Crippen LogP contribution in [0.1, 0.15) is 49.8 Å². The molecule has 0 spiro atoms. The number of nitrogens with zero attached hydrogens (tertiary/aromatic N) is 1. The van der Waals surface area contributed by atoms with Crippen molar-refractivity contribution < 1.29 is 14.3 Å². The molecule has 1 aromatic carbocycles. The third kappa shape index (κ3) is 3.85. The number of rotatable bonds is 5. The van der Waals surface area contributed by atoms with E-state index in [1.807, 2.05) is 30.3 Å². The molecule has 128 valence electrons. The molecule has 5 nitrogen and oxygen atoms in total. The molecule has 0 radical (unpaired) electrons. The molecule has 0 aliphatic carbocycles. The molecule has 5 heteroatoms. The maximum Gasteiger partial charge on any atom is 0.223 e. The predicted octanol–water partition coefficient (Wildman–Crippen LogP) is 2.64. The summed E-state index contributed by atoms with van der Waals surface area (Å²) < 4.78 is 5.57. The molecule has 1 aromatic rings. The van der Waals surface area contributed by atoms with E-state index in [9.17, 15) is 9.59 Å². The highest BCUT2D eigenvalue weighted by atomic mass is 16.5. The summed E-state index contributed by atoms with van der Waals surface area (Å²) in [5.74, 6) is -0.0905. The van der Waals surface area contributed by atoms with Crippen molar-refractivity contribution in [3.8, 4) is 0 Å². The molecule has 2 aliphatic rings. The van der Waals surface area contributed by atoms with Crippen LogP contribution in [0.5, 0.6) is 0 Å². The third-order valence-electron chi connectivity index (χ3n) is 4.66. The standard InChI is InChI=1S/C19H24N2O3/c1-14(22)21-11-9-15-5-2-3-7-17(15)18(21)13-19(23)20-10-8-16-6-4-12-24-16/h2-3,5,7,9,11,16,18H,4,6,8,10,12-13H2,1H3,(H,20,23)/t16-,18-/m1/s1. The molecule has 1 saturated heterocycles. The fourth-order valence-electron chi connectivity index (χ4n) is 3.41. The number of amides is 2. The lowest BCUT2D eigenvalue weighted by molar-refractivity contribution is -0.129. The number of benzene rings is 1. The highest BCUT2D eigenvalue weighted by Gasteiger charge is 2.28. The minimum absolute atomic E-state index is 0.0330. The van der Waals surface area contributed by atoms with Crippen LogP contribution in [0, 0.1) is 0 Å². The van der Waals surface area contributed by atoms with Crippen LogP contribution in [0.3, 0.4) is 0 Å². The van der Waals surface area contributed by atoms with E-state index in [1.165, 1.54) is 6.92 Å². The van der Waals surface area contributed by atoms with E-state index in [0.717, 1.165) is 37.0 Å². The Hall–Kier alpha value is -2.14. The van der Waals surface area contributed by atoms with E-state index >= 15 is 0 Å². The molecule has 2 aliphatic heterocycles. The maximum absolute atomic E-state index is 12.3. The van der Waals surface area contributed by atoms with Crippen LogP contribution in [0.25, 0.3) is 6.08 Å². The zero-order valence-corrected chi connectivity index (χ0v) is 14.0. The van der Waals surface area contributed by atoms with Crippen molar-refractivity contribution in [3.05, 3.63) is 41.6 Å². The van der Waals surface area contributed by atoms with Crippen LogP contribution in [0.4, 0.5) is 0 Å². The van der Waals surface area contributed by atoms with Gasteiger partial charge < -0.3 is 15.0 Å². The molecule has 2 atom stereocenters. The van der Waals surface area contributed by atoms with Crippen LogP contribution in [-0.2, 0) is 14.3 Å². The zero-order valence-electron chi connectivity index (χ0n) is 14.0. The normalized spacial score (nSPS) is 22.3. The summed E-state index contributed by atoms with van der Waals surface area (Å²) in [5.41, 5.74) is 2.08. The number of fused-ring (bicyclic) bond motifs is 1. The van der Waals surface area contributed by atoms with Gasteiger partial charge in [-0.3, -0.25) is 9.59 Å². The first-order valence-electron chi connectivity index (χ1n) is 8.59. The Morgan fingerprint density at radius 2 is 2.17 bits per heavy atom. The lowest BCUT2D eigenvalue weighted by atomic mass is 9.93. The monoisotopic (exact) mass is 328 g/mol. The van der Waals surface area contributed by atoms with Gasteiger partial charge in [-0.05, 0) is 36.5 Å². The molecular weight excluding hydrogens is 304 g/mol. The van der Waals surface area contributed by atoms with Crippen molar-refractivity contribution in [1.82, 2.24) is 10.2 Å². The second kappa shape index (κ2) is 7.62. The fourth-order valence-corrected chi connectivity index (χ4v) is 3.41. The Labute approximate surface area is 142 Å². The predicted molar refractivity (Wildman–Crippen MR) is 92.0 cm³/mol. The maximum atomic E-state index is 12.3. The summed E-state index contributed by atoms with van der Waals surface area (Å²) in [6, 6.07) is 7.65. The molecule has 1 fully saturated rings. The Balaban J connectivity index is 1.61. The van der Waals surface area contributed by atoms with Gasteiger partial charge in [-0.1, -0.05) is 24.3 Å². The first-order chi connectivity index (χ1) is 11.6. The average molecular weight is 328 g/mol. The van der Waals surface area contributed by atoms with Crippen molar-refractivity contribution in [2.24, 2.45) is 0 Å². The van der Waals surface area contributed by atoms with Gasteiger partial charge in [-0.25, -0.2) is 0 Å². The van der Waals surface area contributed by atoms with Crippen LogP contribution in [0.2, 0.25) is 0 Å². The lowest BCUT2D eigenvalue weighted by Crippen LogP contribution is -2.35. The van der Waals surface area contributed by atoms with Crippen LogP contribution >= 0.6 is 0 Å². The number of carbonyl (C=O) groups excluding carboxylic acids is 2. The second-order valence-corrected chi connectivity index (χ2v) is 6.36. The highest BCUT2D eigenvalue weighted by molar-refractivity contribution is 5.81. The summed E-state index contributed by atoms with van der Waals surface area (Å²) in [5, 5.41) is 2.97. The molecule has 0 saturated carbocycles. The minimum Gasteiger partial charge on any atom is -0.378 e.